The van der Waals surface area contributed by atoms with Crippen LogP contribution in [0.25, 0.3) is 11.7 Å². The Hall–Kier alpha value is -3.03. The van der Waals surface area contributed by atoms with Gasteiger partial charge in [0.1, 0.15) is 12.3 Å². The predicted molar refractivity (Wildman–Crippen MR) is 69.0 cm³/mol. The molecule has 0 aliphatic rings. The molecule has 0 aliphatic carbocycles. The SMILES string of the molecule is O=C(Cn1nc(-c2ccco2)oc1=O)NCc1ccco1. The summed E-state index contributed by atoms with van der Waals surface area (Å²) in [6.45, 7) is -0.00672. The van der Waals surface area contributed by atoms with Crippen molar-refractivity contribution in [3.05, 3.63) is 53.1 Å². The van der Waals surface area contributed by atoms with E-state index in [9.17, 15) is 9.59 Å². The summed E-state index contributed by atoms with van der Waals surface area (Å²) in [6, 6.07) is 6.70. The van der Waals surface area contributed by atoms with Crippen LogP contribution in [0.1, 0.15) is 5.76 Å². The van der Waals surface area contributed by atoms with Crippen LogP contribution in [-0.2, 0) is 17.9 Å². The molecule has 3 rings (SSSR count). The summed E-state index contributed by atoms with van der Waals surface area (Å²) < 4.78 is 16.0. The van der Waals surface area contributed by atoms with Crippen molar-refractivity contribution in [1.82, 2.24) is 15.1 Å². The van der Waals surface area contributed by atoms with Gasteiger partial charge in [0, 0.05) is 0 Å². The number of hydrogen-bond acceptors (Lipinski definition) is 6. The number of aromatic nitrogens is 2. The number of carbonyl (C=O) groups excluding carboxylic acids is 1. The molecule has 21 heavy (non-hydrogen) atoms. The highest BCUT2D eigenvalue weighted by atomic mass is 16.4. The van der Waals surface area contributed by atoms with Crippen LogP contribution in [0.2, 0.25) is 0 Å². The van der Waals surface area contributed by atoms with Gasteiger partial charge in [-0.1, -0.05) is 0 Å². The molecule has 3 heterocycles. The van der Waals surface area contributed by atoms with Crippen LogP contribution in [0.4, 0.5) is 0 Å². The van der Waals surface area contributed by atoms with Crippen molar-refractivity contribution in [3.8, 4) is 11.7 Å². The number of nitrogens with one attached hydrogen (secondary N) is 1. The average Bonchev–Trinajstić information content (AvgIpc) is 3.18. The molecule has 1 N–H and O–H groups in total. The average molecular weight is 289 g/mol. The van der Waals surface area contributed by atoms with Crippen molar-refractivity contribution in [2.75, 3.05) is 0 Å². The van der Waals surface area contributed by atoms with E-state index in [-0.39, 0.29) is 24.9 Å². The maximum Gasteiger partial charge on any atom is 0.437 e. The number of carbonyl (C=O) groups is 1. The molecule has 8 nitrogen and oxygen atoms in total. The quantitative estimate of drug-likeness (QED) is 0.751. The van der Waals surface area contributed by atoms with Crippen LogP contribution in [-0.4, -0.2) is 15.7 Å². The third kappa shape index (κ3) is 2.94. The first-order valence-corrected chi connectivity index (χ1v) is 6.13. The molecule has 0 aliphatic heterocycles. The molecule has 0 unspecified atom stereocenters. The fraction of sp³-hybridized carbons (Fsp3) is 0.154. The van der Waals surface area contributed by atoms with Gasteiger partial charge in [0.2, 0.25) is 5.91 Å². The van der Waals surface area contributed by atoms with Gasteiger partial charge < -0.3 is 18.6 Å². The molecule has 8 heteroatoms. The maximum atomic E-state index is 11.7. The van der Waals surface area contributed by atoms with Crippen molar-refractivity contribution < 1.29 is 18.0 Å². The van der Waals surface area contributed by atoms with E-state index in [0.29, 0.717) is 11.5 Å². The molecule has 0 saturated carbocycles. The van der Waals surface area contributed by atoms with Gasteiger partial charge in [-0.25, -0.2) is 4.79 Å². The van der Waals surface area contributed by atoms with Gasteiger partial charge in [0.15, 0.2) is 5.76 Å². The minimum absolute atomic E-state index is 0.0313. The van der Waals surface area contributed by atoms with Gasteiger partial charge in [-0.15, -0.1) is 5.10 Å². The van der Waals surface area contributed by atoms with Crippen LogP contribution >= 0.6 is 0 Å². The second kappa shape index (κ2) is 5.53. The number of amides is 1. The van der Waals surface area contributed by atoms with Gasteiger partial charge in [-0.05, 0) is 24.3 Å². The highest BCUT2D eigenvalue weighted by Gasteiger charge is 2.14. The van der Waals surface area contributed by atoms with Crippen LogP contribution < -0.4 is 11.1 Å². The van der Waals surface area contributed by atoms with Gasteiger partial charge >= 0.3 is 5.76 Å². The first kappa shape index (κ1) is 13.0. The summed E-state index contributed by atoms with van der Waals surface area (Å²) in [5.41, 5.74) is 0. The maximum absolute atomic E-state index is 11.7. The Balaban J connectivity index is 1.65. The van der Waals surface area contributed by atoms with Crippen LogP contribution in [0.5, 0.6) is 0 Å². The summed E-state index contributed by atoms with van der Waals surface area (Å²) in [5.74, 6) is -0.139. The van der Waals surface area contributed by atoms with E-state index in [2.05, 4.69) is 10.4 Å². The molecule has 0 fully saturated rings. The van der Waals surface area contributed by atoms with Crippen molar-refractivity contribution in [1.29, 1.82) is 0 Å². The molecule has 0 bridgehead atoms. The standard InChI is InChI=1S/C13H11N3O5/c17-11(14-7-9-3-1-5-19-9)8-16-13(18)21-12(15-16)10-4-2-6-20-10/h1-6H,7-8H2,(H,14,17). The molecular weight excluding hydrogens is 278 g/mol. The number of nitrogens with zero attached hydrogens (tertiary/aromatic N) is 2. The lowest BCUT2D eigenvalue weighted by Crippen LogP contribution is -2.31. The minimum atomic E-state index is -0.727. The van der Waals surface area contributed by atoms with Crippen molar-refractivity contribution >= 4 is 5.91 Å². The lowest BCUT2D eigenvalue weighted by Gasteiger charge is -2.01. The third-order valence-corrected chi connectivity index (χ3v) is 2.67. The van der Waals surface area contributed by atoms with E-state index in [1.165, 1.54) is 12.5 Å². The van der Waals surface area contributed by atoms with Crippen LogP contribution in [0, 0.1) is 0 Å². The normalized spacial score (nSPS) is 10.7. The predicted octanol–water partition coefficient (Wildman–Crippen LogP) is 1.01. The van der Waals surface area contributed by atoms with Crippen LogP contribution in [0.3, 0.4) is 0 Å². The first-order chi connectivity index (χ1) is 10.2. The zero-order valence-corrected chi connectivity index (χ0v) is 10.8. The molecule has 0 saturated heterocycles. The van der Waals surface area contributed by atoms with E-state index < -0.39 is 5.76 Å². The second-order valence-corrected chi connectivity index (χ2v) is 4.16. The van der Waals surface area contributed by atoms with E-state index in [1.807, 2.05) is 0 Å². The van der Waals surface area contributed by atoms with Crippen molar-refractivity contribution in [2.45, 2.75) is 13.1 Å². The van der Waals surface area contributed by atoms with E-state index >= 15 is 0 Å². The molecule has 3 aromatic rings. The van der Waals surface area contributed by atoms with Gasteiger partial charge in [-0.2, -0.15) is 4.68 Å². The minimum Gasteiger partial charge on any atom is -0.467 e. The number of rotatable bonds is 5. The van der Waals surface area contributed by atoms with Gasteiger partial charge in [0.25, 0.3) is 5.89 Å². The lowest BCUT2D eigenvalue weighted by atomic mass is 10.4. The number of hydrogen-bond donors (Lipinski definition) is 1. The van der Waals surface area contributed by atoms with Gasteiger partial charge in [-0.3, -0.25) is 4.79 Å². The smallest absolute Gasteiger partial charge is 0.437 e. The van der Waals surface area contributed by atoms with E-state index in [4.69, 9.17) is 13.3 Å². The second-order valence-electron chi connectivity index (χ2n) is 4.16. The Labute approximate surface area is 118 Å². The highest BCUT2D eigenvalue weighted by Crippen LogP contribution is 2.14. The van der Waals surface area contributed by atoms with Crippen LogP contribution in [0.15, 0.2) is 54.8 Å². The zero-order chi connectivity index (χ0) is 14.7. The van der Waals surface area contributed by atoms with Gasteiger partial charge in [0.05, 0.1) is 19.1 Å². The van der Waals surface area contributed by atoms with Crippen molar-refractivity contribution in [3.63, 3.8) is 0 Å². The fourth-order valence-corrected chi connectivity index (χ4v) is 1.70. The Kier molecular flexibility index (Phi) is 3.42. The molecule has 0 atom stereocenters. The monoisotopic (exact) mass is 289 g/mol. The first-order valence-electron chi connectivity index (χ1n) is 6.13. The number of furan rings is 2. The lowest BCUT2D eigenvalue weighted by molar-refractivity contribution is -0.122. The molecular formula is C13H11N3O5. The molecule has 3 aromatic heterocycles. The molecule has 0 aromatic carbocycles. The third-order valence-electron chi connectivity index (χ3n) is 2.67. The molecule has 108 valence electrons. The Morgan fingerprint density at radius 2 is 2.05 bits per heavy atom. The molecule has 0 spiro atoms. The molecule has 0 radical (unpaired) electrons. The molecule has 1 amide bonds. The largest absolute Gasteiger partial charge is 0.467 e. The van der Waals surface area contributed by atoms with E-state index in [1.54, 1.807) is 24.3 Å². The zero-order valence-electron chi connectivity index (χ0n) is 10.8. The fourth-order valence-electron chi connectivity index (χ4n) is 1.70. The topological polar surface area (TPSA) is 103 Å². The van der Waals surface area contributed by atoms with Crippen molar-refractivity contribution in [2.24, 2.45) is 0 Å². The van der Waals surface area contributed by atoms with E-state index in [0.717, 1.165) is 4.68 Å². The summed E-state index contributed by atoms with van der Waals surface area (Å²) >= 11 is 0. The summed E-state index contributed by atoms with van der Waals surface area (Å²) in [5, 5.41) is 6.50. The summed E-state index contributed by atoms with van der Waals surface area (Å²) in [6.07, 6.45) is 2.95. The highest BCUT2D eigenvalue weighted by molar-refractivity contribution is 5.75. The Morgan fingerprint density at radius 3 is 2.76 bits per heavy atom. The Morgan fingerprint density at radius 1 is 1.24 bits per heavy atom. The summed E-state index contributed by atoms with van der Waals surface area (Å²) in [7, 11) is 0. The Bertz CT molecular complexity index is 767. The summed E-state index contributed by atoms with van der Waals surface area (Å²) in [4.78, 5) is 23.3.